The number of nitrogens with zero attached hydrogens (tertiary/aromatic N) is 4. The first kappa shape index (κ1) is 30.0. The van der Waals surface area contributed by atoms with Gasteiger partial charge in [-0.2, -0.15) is 0 Å². The van der Waals surface area contributed by atoms with Gasteiger partial charge in [0.2, 0.25) is 0 Å². The predicted octanol–water partition coefficient (Wildman–Crippen LogP) is 7.82. The van der Waals surface area contributed by atoms with Crippen molar-refractivity contribution in [1.29, 1.82) is 21.0 Å². The van der Waals surface area contributed by atoms with Gasteiger partial charge in [0.15, 0.2) is 0 Å². The molecule has 0 unspecified atom stereocenters. The summed E-state index contributed by atoms with van der Waals surface area (Å²) in [5, 5.41) is 36.3. The Morgan fingerprint density at radius 3 is 1.14 bits per heavy atom. The summed E-state index contributed by atoms with van der Waals surface area (Å²) in [6.07, 6.45) is 10.6. The molecule has 8 heteroatoms. The topological polar surface area (TPSA) is 132 Å². The van der Waals surface area contributed by atoms with Gasteiger partial charge in [0.1, 0.15) is 23.0 Å². The van der Waals surface area contributed by atoms with Crippen LogP contribution in [0.3, 0.4) is 0 Å². The maximum absolute atomic E-state index is 9.08. The van der Waals surface area contributed by atoms with E-state index in [1.165, 1.54) is 0 Å². The first-order chi connectivity index (χ1) is 21.1. The number of benzene rings is 4. The summed E-state index contributed by atoms with van der Waals surface area (Å²) in [4.78, 5) is 0. The zero-order chi connectivity index (χ0) is 30.5. The van der Waals surface area contributed by atoms with Crippen LogP contribution in [0.15, 0.2) is 97.1 Å². The van der Waals surface area contributed by atoms with E-state index in [4.69, 9.17) is 40.0 Å². The molecule has 212 valence electrons. The van der Waals surface area contributed by atoms with E-state index in [1.54, 1.807) is 73.6 Å². The van der Waals surface area contributed by atoms with Crippen LogP contribution >= 0.6 is 0 Å². The van der Waals surface area contributed by atoms with Crippen molar-refractivity contribution in [3.63, 3.8) is 0 Å². The highest BCUT2D eigenvalue weighted by molar-refractivity contribution is 5.53. The molecule has 0 fully saturated rings. The smallest absolute Gasteiger partial charge is 0.292 e. The molecule has 43 heavy (non-hydrogen) atoms. The molecule has 0 saturated carbocycles. The van der Waals surface area contributed by atoms with Crippen molar-refractivity contribution in [2.45, 2.75) is 43.9 Å². The lowest BCUT2D eigenvalue weighted by Gasteiger charge is -2.43. The Labute approximate surface area is 251 Å². The first-order valence-electron chi connectivity index (χ1n) is 13.7. The number of hydrogen-bond acceptors (Lipinski definition) is 8. The normalized spacial score (nSPS) is 10.5. The first-order valence-corrected chi connectivity index (χ1v) is 13.7. The predicted molar refractivity (Wildman–Crippen MR) is 157 cm³/mol. The van der Waals surface area contributed by atoms with Crippen LogP contribution in [-0.4, -0.2) is 0 Å². The van der Waals surface area contributed by atoms with Crippen LogP contribution in [0.25, 0.3) is 0 Å². The van der Waals surface area contributed by atoms with Crippen molar-refractivity contribution in [3.05, 3.63) is 119 Å². The maximum atomic E-state index is 9.08. The third kappa shape index (κ3) is 6.86. The molecule has 0 aliphatic carbocycles. The van der Waals surface area contributed by atoms with Gasteiger partial charge in [-0.3, -0.25) is 0 Å². The molecule has 0 atom stereocenters. The second-order valence-corrected chi connectivity index (χ2v) is 9.82. The van der Waals surface area contributed by atoms with E-state index in [0.29, 0.717) is 23.0 Å². The minimum absolute atomic E-state index is 0.276. The molecule has 0 heterocycles. The van der Waals surface area contributed by atoms with Crippen LogP contribution in [0.4, 0.5) is 0 Å². The molecule has 0 aromatic heterocycles. The summed E-state index contributed by atoms with van der Waals surface area (Å²) in [6.45, 7) is 2.16. The molecule has 4 rings (SSSR count). The van der Waals surface area contributed by atoms with Crippen LogP contribution < -0.4 is 18.9 Å². The fraction of sp³-hybridized carbons (Fsp3) is 0.200. The van der Waals surface area contributed by atoms with Crippen LogP contribution in [0.1, 0.15) is 60.8 Å². The summed E-state index contributed by atoms with van der Waals surface area (Å²) in [6, 6.07) is 29.9. The minimum atomic E-state index is -0.666. The van der Waals surface area contributed by atoms with E-state index in [1.807, 2.05) is 48.5 Å². The van der Waals surface area contributed by atoms with Gasteiger partial charge in [-0.05, 0) is 77.2 Å². The Balaban J connectivity index is 2.04. The molecular formula is C35H28N4O4. The number of rotatable bonds is 13. The average Bonchev–Trinajstić information content (AvgIpc) is 3.03. The van der Waals surface area contributed by atoms with Crippen molar-refractivity contribution in [2.75, 3.05) is 0 Å². The van der Waals surface area contributed by atoms with Crippen LogP contribution in [-0.2, 0) is 5.41 Å². The second kappa shape index (κ2) is 14.6. The zero-order valence-corrected chi connectivity index (χ0v) is 23.6. The molecule has 8 nitrogen and oxygen atoms in total. The highest BCUT2D eigenvalue weighted by Gasteiger charge is 2.43. The van der Waals surface area contributed by atoms with Crippen molar-refractivity contribution >= 4 is 0 Å². The molecule has 0 spiro atoms. The average molecular weight is 569 g/mol. The molecule has 0 N–H and O–H groups in total. The van der Waals surface area contributed by atoms with Gasteiger partial charge in [-0.1, -0.05) is 74.7 Å². The Kier molecular flexibility index (Phi) is 10.2. The molecule has 0 radical (unpaired) electrons. The lowest BCUT2D eigenvalue weighted by molar-refractivity contribution is 0.397. The van der Waals surface area contributed by atoms with Gasteiger partial charge >= 0.3 is 0 Å². The molecule has 0 saturated heterocycles. The van der Waals surface area contributed by atoms with Crippen molar-refractivity contribution in [1.82, 2.24) is 0 Å². The standard InChI is InChI=1S/C35H28N4O4/c1-2-3-4-21-35(28-9-17-32(18-10-28)42-24-38,29-11-19-33(20-12-29)43-25-39)34(26-5-13-30(14-6-26)40-22-36)27-7-15-31(16-8-27)41-23-37/h5-20,34H,2-4,21H2,1H3. The van der Waals surface area contributed by atoms with Gasteiger partial charge in [0.05, 0.1) is 0 Å². The molecule has 0 aliphatic rings. The van der Waals surface area contributed by atoms with E-state index < -0.39 is 5.41 Å². The number of unbranched alkanes of at least 4 members (excludes halogenated alkanes) is 2. The van der Waals surface area contributed by atoms with Crippen LogP contribution in [0.2, 0.25) is 0 Å². The summed E-state index contributed by atoms with van der Waals surface area (Å²) in [5.41, 5.74) is 3.24. The zero-order valence-electron chi connectivity index (χ0n) is 23.6. The minimum Gasteiger partial charge on any atom is -0.388 e. The summed E-state index contributed by atoms with van der Waals surface area (Å²) < 4.78 is 20.3. The van der Waals surface area contributed by atoms with E-state index in [-0.39, 0.29) is 5.92 Å². The van der Waals surface area contributed by atoms with Crippen molar-refractivity contribution in [2.24, 2.45) is 0 Å². The molecule has 4 aromatic carbocycles. The third-order valence-electron chi connectivity index (χ3n) is 7.49. The monoisotopic (exact) mass is 568 g/mol. The van der Waals surface area contributed by atoms with Crippen molar-refractivity contribution in [3.8, 4) is 48.0 Å². The van der Waals surface area contributed by atoms with Gasteiger partial charge in [0, 0.05) is 11.3 Å². The summed E-state index contributed by atoms with van der Waals surface area (Å²) >= 11 is 0. The fourth-order valence-electron chi connectivity index (χ4n) is 5.66. The van der Waals surface area contributed by atoms with Gasteiger partial charge in [0.25, 0.3) is 25.0 Å². The van der Waals surface area contributed by atoms with Crippen molar-refractivity contribution < 1.29 is 18.9 Å². The number of hydrogen-bond donors (Lipinski definition) is 0. The van der Waals surface area contributed by atoms with Crippen LogP contribution in [0, 0.1) is 46.1 Å². The molecule has 0 amide bonds. The fourth-order valence-corrected chi connectivity index (χ4v) is 5.66. The Bertz CT molecular complexity index is 1540. The van der Waals surface area contributed by atoms with Gasteiger partial charge in [-0.15, -0.1) is 21.0 Å². The number of ether oxygens (including phenoxy) is 4. The largest absolute Gasteiger partial charge is 0.388 e. The molecular weight excluding hydrogens is 540 g/mol. The molecule has 0 aliphatic heterocycles. The summed E-state index contributed by atoms with van der Waals surface area (Å²) in [5.74, 6) is 1.44. The van der Waals surface area contributed by atoms with Gasteiger partial charge in [-0.25, -0.2) is 0 Å². The van der Waals surface area contributed by atoms with E-state index in [0.717, 1.165) is 47.9 Å². The quantitative estimate of drug-likeness (QED) is 0.118. The highest BCUT2D eigenvalue weighted by Crippen LogP contribution is 2.52. The third-order valence-corrected chi connectivity index (χ3v) is 7.49. The SMILES string of the molecule is CCCCCC(c1ccc(OC#N)cc1)(c1ccc(OC#N)cc1)C(c1ccc(OC#N)cc1)c1ccc(OC#N)cc1. The Morgan fingerprint density at radius 2 is 0.837 bits per heavy atom. The molecule has 0 bridgehead atoms. The highest BCUT2D eigenvalue weighted by atomic mass is 16.5. The van der Waals surface area contributed by atoms with E-state index in [2.05, 4.69) is 6.92 Å². The number of nitriles is 4. The summed E-state index contributed by atoms with van der Waals surface area (Å²) in [7, 11) is 0. The molecule has 4 aromatic rings. The second-order valence-electron chi connectivity index (χ2n) is 9.82. The van der Waals surface area contributed by atoms with Crippen LogP contribution in [0.5, 0.6) is 23.0 Å². The van der Waals surface area contributed by atoms with E-state index >= 15 is 0 Å². The maximum Gasteiger partial charge on any atom is 0.292 e. The lowest BCUT2D eigenvalue weighted by Crippen LogP contribution is -2.36. The lowest BCUT2D eigenvalue weighted by atomic mass is 9.59. The van der Waals surface area contributed by atoms with Gasteiger partial charge < -0.3 is 18.9 Å². The van der Waals surface area contributed by atoms with E-state index in [9.17, 15) is 0 Å². The Morgan fingerprint density at radius 1 is 0.512 bits per heavy atom. The Hall–Kier alpha value is -5.96.